The van der Waals surface area contributed by atoms with E-state index in [1.54, 1.807) is 29.2 Å². The molecule has 0 spiro atoms. The predicted molar refractivity (Wildman–Crippen MR) is 104 cm³/mol. The molecule has 2 aromatic carbocycles. The van der Waals surface area contributed by atoms with Gasteiger partial charge in [-0.15, -0.1) is 0 Å². The summed E-state index contributed by atoms with van der Waals surface area (Å²) in [5, 5.41) is 0. The zero-order chi connectivity index (χ0) is 18.9. The Morgan fingerprint density at radius 2 is 2.00 bits per heavy atom. The molecule has 0 aliphatic carbocycles. The van der Waals surface area contributed by atoms with Crippen molar-refractivity contribution in [1.82, 2.24) is 0 Å². The number of hydrogen-bond acceptors (Lipinski definition) is 4. The van der Waals surface area contributed by atoms with Crippen LogP contribution in [0.15, 0.2) is 48.5 Å². The molecule has 0 saturated carbocycles. The summed E-state index contributed by atoms with van der Waals surface area (Å²) in [5.41, 5.74) is 3.01. The Labute approximate surface area is 159 Å². The van der Waals surface area contributed by atoms with E-state index >= 15 is 0 Å². The molecule has 2 heterocycles. The molecule has 27 heavy (non-hydrogen) atoms. The van der Waals surface area contributed by atoms with E-state index in [1.165, 1.54) is 0 Å². The topological polar surface area (TPSA) is 75.7 Å². The van der Waals surface area contributed by atoms with Gasteiger partial charge in [0.25, 0.3) is 5.91 Å². The summed E-state index contributed by atoms with van der Waals surface area (Å²) in [7, 11) is -3.54. The van der Waals surface area contributed by atoms with Crippen molar-refractivity contribution in [1.29, 1.82) is 0 Å². The zero-order valence-electron chi connectivity index (χ0n) is 14.9. The first-order valence-electron chi connectivity index (χ1n) is 9.12. The van der Waals surface area contributed by atoms with Gasteiger partial charge in [-0.1, -0.05) is 36.4 Å². The van der Waals surface area contributed by atoms with Gasteiger partial charge in [-0.2, -0.15) is 0 Å². The number of rotatable bonds is 5. The maximum absolute atomic E-state index is 12.7. The molecule has 7 heteroatoms. The molecular formula is C20H22N2O4S. The fourth-order valence-corrected chi connectivity index (χ4v) is 4.82. The fourth-order valence-electron chi connectivity index (χ4n) is 3.63. The van der Waals surface area contributed by atoms with Crippen molar-refractivity contribution in [2.24, 2.45) is 0 Å². The summed E-state index contributed by atoms with van der Waals surface area (Å²) in [6.45, 7) is 1.23. The lowest BCUT2D eigenvalue weighted by molar-refractivity contribution is -0.127. The Morgan fingerprint density at radius 3 is 2.74 bits per heavy atom. The number of nitrogens with zero attached hydrogens (tertiary/aromatic N) is 1. The van der Waals surface area contributed by atoms with E-state index in [0.717, 1.165) is 36.1 Å². The smallest absolute Gasteiger partial charge is 0.256 e. The van der Waals surface area contributed by atoms with Gasteiger partial charge in [-0.3, -0.25) is 9.52 Å². The molecule has 142 valence electrons. The van der Waals surface area contributed by atoms with E-state index in [9.17, 15) is 13.2 Å². The van der Waals surface area contributed by atoms with Crippen LogP contribution in [0.25, 0.3) is 0 Å². The van der Waals surface area contributed by atoms with Crippen molar-refractivity contribution in [2.75, 3.05) is 22.8 Å². The second-order valence-electron chi connectivity index (χ2n) is 6.93. The standard InChI is InChI=1S/C20H22N2O4S/c23-20(19-7-4-12-26-19)22-11-10-16-8-9-17(13-18(16)22)21-27(24,25)14-15-5-2-1-3-6-15/h1-3,5-6,8-9,13,19,21H,4,7,10-12,14H2/t19-/m0/s1. The van der Waals surface area contributed by atoms with Crippen LogP contribution in [-0.2, 0) is 31.7 Å². The maximum Gasteiger partial charge on any atom is 0.256 e. The number of carbonyl (C=O) groups is 1. The molecule has 0 aromatic heterocycles. The molecule has 4 rings (SSSR count). The van der Waals surface area contributed by atoms with Crippen molar-refractivity contribution in [3.05, 3.63) is 59.7 Å². The molecule has 1 atom stereocenters. The minimum absolute atomic E-state index is 0.0319. The maximum atomic E-state index is 12.7. The summed E-state index contributed by atoms with van der Waals surface area (Å²) in [6, 6.07) is 14.4. The highest BCUT2D eigenvalue weighted by Gasteiger charge is 2.33. The highest BCUT2D eigenvalue weighted by molar-refractivity contribution is 7.91. The number of anilines is 2. The van der Waals surface area contributed by atoms with Crippen molar-refractivity contribution in [3.8, 4) is 0 Å². The number of nitrogens with one attached hydrogen (secondary N) is 1. The monoisotopic (exact) mass is 386 g/mol. The second kappa shape index (κ2) is 7.32. The van der Waals surface area contributed by atoms with Crippen molar-refractivity contribution in [3.63, 3.8) is 0 Å². The predicted octanol–water partition coefficient (Wildman–Crippen LogP) is 2.70. The molecule has 2 aromatic rings. The number of fused-ring (bicyclic) bond motifs is 1. The zero-order valence-corrected chi connectivity index (χ0v) is 15.7. The lowest BCUT2D eigenvalue weighted by atomic mass is 10.1. The number of sulfonamides is 1. The first kappa shape index (κ1) is 18.0. The molecule has 2 aliphatic rings. The Kier molecular flexibility index (Phi) is 4.88. The Bertz CT molecular complexity index is 938. The number of hydrogen-bond donors (Lipinski definition) is 1. The van der Waals surface area contributed by atoms with Gasteiger partial charge in [-0.25, -0.2) is 8.42 Å². The number of ether oxygens (including phenoxy) is 1. The van der Waals surface area contributed by atoms with Gasteiger partial charge in [0.1, 0.15) is 6.10 Å². The summed E-state index contributed by atoms with van der Waals surface area (Å²) < 4.78 is 33.1. The Morgan fingerprint density at radius 1 is 1.19 bits per heavy atom. The Balaban J connectivity index is 1.52. The third kappa shape index (κ3) is 3.99. The second-order valence-corrected chi connectivity index (χ2v) is 8.65. The molecule has 0 unspecified atom stereocenters. The van der Waals surface area contributed by atoms with Gasteiger partial charge in [0, 0.05) is 18.8 Å². The lowest BCUT2D eigenvalue weighted by Crippen LogP contribution is -2.37. The van der Waals surface area contributed by atoms with E-state index < -0.39 is 10.0 Å². The number of carbonyl (C=O) groups excluding carboxylic acids is 1. The third-order valence-corrected chi connectivity index (χ3v) is 6.18. The van der Waals surface area contributed by atoms with Crippen LogP contribution in [0, 0.1) is 0 Å². The van der Waals surface area contributed by atoms with E-state index in [4.69, 9.17) is 4.74 Å². The molecule has 6 nitrogen and oxygen atoms in total. The van der Waals surface area contributed by atoms with Crippen LogP contribution in [0.2, 0.25) is 0 Å². The normalized spacial score (nSPS) is 19.1. The molecule has 1 N–H and O–H groups in total. The largest absolute Gasteiger partial charge is 0.368 e. The average molecular weight is 386 g/mol. The first-order chi connectivity index (χ1) is 13.0. The van der Waals surface area contributed by atoms with Crippen molar-refractivity contribution < 1.29 is 17.9 Å². The van der Waals surface area contributed by atoms with Crippen LogP contribution in [-0.4, -0.2) is 33.6 Å². The van der Waals surface area contributed by atoms with Gasteiger partial charge in [0.05, 0.1) is 11.4 Å². The van der Waals surface area contributed by atoms with Gasteiger partial charge in [0.2, 0.25) is 10.0 Å². The molecule has 1 saturated heterocycles. The van der Waals surface area contributed by atoms with Gasteiger partial charge >= 0.3 is 0 Å². The highest BCUT2D eigenvalue weighted by Crippen LogP contribution is 2.33. The molecule has 1 fully saturated rings. The van der Waals surface area contributed by atoms with Crippen LogP contribution in [0.3, 0.4) is 0 Å². The summed E-state index contributed by atoms with van der Waals surface area (Å²) in [6.07, 6.45) is 2.03. The summed E-state index contributed by atoms with van der Waals surface area (Å²) in [5.74, 6) is -0.126. The molecule has 1 amide bonds. The molecule has 0 radical (unpaired) electrons. The van der Waals surface area contributed by atoms with Gasteiger partial charge < -0.3 is 9.64 Å². The van der Waals surface area contributed by atoms with E-state index in [1.807, 2.05) is 24.3 Å². The van der Waals surface area contributed by atoms with Crippen LogP contribution >= 0.6 is 0 Å². The fraction of sp³-hybridized carbons (Fsp3) is 0.350. The summed E-state index contributed by atoms with van der Waals surface area (Å²) in [4.78, 5) is 14.4. The van der Waals surface area contributed by atoms with E-state index in [-0.39, 0.29) is 17.8 Å². The van der Waals surface area contributed by atoms with E-state index in [2.05, 4.69) is 4.72 Å². The molecule has 2 aliphatic heterocycles. The number of benzene rings is 2. The first-order valence-corrected chi connectivity index (χ1v) is 10.8. The third-order valence-electron chi connectivity index (χ3n) is 4.92. The Hall–Kier alpha value is -2.38. The lowest BCUT2D eigenvalue weighted by Gasteiger charge is -2.21. The van der Waals surface area contributed by atoms with Crippen LogP contribution < -0.4 is 9.62 Å². The molecular weight excluding hydrogens is 364 g/mol. The van der Waals surface area contributed by atoms with Crippen molar-refractivity contribution >= 4 is 27.3 Å². The van der Waals surface area contributed by atoms with E-state index in [0.29, 0.717) is 18.8 Å². The van der Waals surface area contributed by atoms with Gasteiger partial charge in [-0.05, 0) is 42.5 Å². The number of amides is 1. The minimum Gasteiger partial charge on any atom is -0.368 e. The summed E-state index contributed by atoms with van der Waals surface area (Å²) >= 11 is 0. The highest BCUT2D eigenvalue weighted by atomic mass is 32.2. The quantitative estimate of drug-likeness (QED) is 0.857. The molecule has 0 bridgehead atoms. The van der Waals surface area contributed by atoms with Crippen LogP contribution in [0.5, 0.6) is 0 Å². The van der Waals surface area contributed by atoms with Gasteiger partial charge in [0.15, 0.2) is 0 Å². The minimum atomic E-state index is -3.54. The van der Waals surface area contributed by atoms with Crippen LogP contribution in [0.4, 0.5) is 11.4 Å². The van der Waals surface area contributed by atoms with Crippen molar-refractivity contribution in [2.45, 2.75) is 31.1 Å². The average Bonchev–Trinajstić information content (AvgIpc) is 3.31. The van der Waals surface area contributed by atoms with Crippen LogP contribution in [0.1, 0.15) is 24.0 Å². The SMILES string of the molecule is O=C([C@@H]1CCCO1)N1CCc2ccc(NS(=O)(=O)Cc3ccccc3)cc21.